The van der Waals surface area contributed by atoms with E-state index in [1.165, 1.54) is 4.90 Å². The molecule has 0 saturated heterocycles. The SMILES string of the molecule is CC(C)c1nc(CCN(C)C(=O)C(=O)c2cccn2C)no1. The molecule has 0 atom stereocenters. The Morgan fingerprint density at radius 2 is 2.14 bits per heavy atom. The summed E-state index contributed by atoms with van der Waals surface area (Å²) in [5, 5.41) is 3.86. The summed E-state index contributed by atoms with van der Waals surface area (Å²) in [6.45, 7) is 4.28. The molecule has 2 rings (SSSR count). The van der Waals surface area contributed by atoms with Crippen LogP contribution >= 0.6 is 0 Å². The van der Waals surface area contributed by atoms with Gasteiger partial charge in [0.25, 0.3) is 11.7 Å². The van der Waals surface area contributed by atoms with Crippen LogP contribution in [0.25, 0.3) is 0 Å². The third-order valence-electron chi connectivity index (χ3n) is 3.37. The number of hydrogen-bond donors (Lipinski definition) is 0. The van der Waals surface area contributed by atoms with Crippen LogP contribution in [-0.2, 0) is 18.3 Å². The number of carbonyl (C=O) groups is 2. The number of aryl methyl sites for hydroxylation is 1. The molecule has 0 aliphatic rings. The van der Waals surface area contributed by atoms with Crippen LogP contribution in [0.5, 0.6) is 0 Å². The Bertz CT molecular complexity index is 672. The first-order valence-electron chi connectivity index (χ1n) is 7.13. The average Bonchev–Trinajstić information content (AvgIpc) is 3.12. The fourth-order valence-electron chi connectivity index (χ4n) is 1.95. The lowest BCUT2D eigenvalue weighted by Crippen LogP contribution is -2.35. The van der Waals surface area contributed by atoms with Gasteiger partial charge in [-0.3, -0.25) is 9.59 Å². The topological polar surface area (TPSA) is 81.2 Å². The minimum Gasteiger partial charge on any atom is -0.348 e. The van der Waals surface area contributed by atoms with E-state index in [0.717, 1.165) is 0 Å². The van der Waals surface area contributed by atoms with E-state index in [-0.39, 0.29) is 5.92 Å². The highest BCUT2D eigenvalue weighted by Crippen LogP contribution is 2.11. The van der Waals surface area contributed by atoms with Crippen LogP contribution < -0.4 is 0 Å². The molecule has 0 saturated carbocycles. The van der Waals surface area contributed by atoms with Gasteiger partial charge in [-0.05, 0) is 12.1 Å². The van der Waals surface area contributed by atoms with Crippen molar-refractivity contribution >= 4 is 11.7 Å². The molecule has 0 aromatic carbocycles. The summed E-state index contributed by atoms with van der Waals surface area (Å²) in [6.07, 6.45) is 2.17. The summed E-state index contributed by atoms with van der Waals surface area (Å²) in [4.78, 5) is 29.9. The predicted molar refractivity (Wildman–Crippen MR) is 79.5 cm³/mol. The molecule has 0 bridgehead atoms. The van der Waals surface area contributed by atoms with Gasteiger partial charge in [0.15, 0.2) is 5.82 Å². The van der Waals surface area contributed by atoms with Gasteiger partial charge in [-0.1, -0.05) is 19.0 Å². The number of amides is 1. The molecular weight excluding hydrogens is 284 g/mol. The maximum absolute atomic E-state index is 12.1. The smallest absolute Gasteiger partial charge is 0.296 e. The van der Waals surface area contributed by atoms with Gasteiger partial charge in [0.1, 0.15) is 0 Å². The number of aromatic nitrogens is 3. The number of Topliss-reactive ketones (excluding diaryl/α,β-unsaturated/α-hetero) is 1. The molecule has 0 aliphatic heterocycles. The van der Waals surface area contributed by atoms with E-state index in [1.54, 1.807) is 37.0 Å². The highest BCUT2D eigenvalue weighted by molar-refractivity contribution is 6.42. The first-order chi connectivity index (χ1) is 10.4. The van der Waals surface area contributed by atoms with E-state index in [4.69, 9.17) is 4.52 Å². The van der Waals surface area contributed by atoms with E-state index in [1.807, 2.05) is 13.8 Å². The number of ketones is 1. The van der Waals surface area contributed by atoms with E-state index in [9.17, 15) is 9.59 Å². The second kappa shape index (κ2) is 6.55. The molecule has 0 spiro atoms. The summed E-state index contributed by atoms with van der Waals surface area (Å²) < 4.78 is 6.73. The number of likely N-dealkylation sites (N-methyl/N-ethyl adjacent to an activating group) is 1. The van der Waals surface area contributed by atoms with Crippen molar-refractivity contribution in [1.29, 1.82) is 0 Å². The minimum absolute atomic E-state index is 0.166. The fraction of sp³-hybridized carbons (Fsp3) is 0.467. The van der Waals surface area contributed by atoms with Crippen molar-refractivity contribution in [2.24, 2.45) is 7.05 Å². The van der Waals surface area contributed by atoms with Gasteiger partial charge in [0, 0.05) is 39.2 Å². The number of nitrogens with zero attached hydrogens (tertiary/aromatic N) is 4. The maximum atomic E-state index is 12.1. The summed E-state index contributed by atoms with van der Waals surface area (Å²) in [5.74, 6) is 0.207. The molecule has 2 heterocycles. The number of carbonyl (C=O) groups excluding carboxylic acids is 2. The normalized spacial score (nSPS) is 11.0. The second-order valence-electron chi connectivity index (χ2n) is 5.51. The van der Waals surface area contributed by atoms with Crippen molar-refractivity contribution in [1.82, 2.24) is 19.6 Å². The zero-order valence-electron chi connectivity index (χ0n) is 13.2. The molecule has 118 valence electrons. The van der Waals surface area contributed by atoms with Crippen molar-refractivity contribution in [3.8, 4) is 0 Å². The summed E-state index contributed by atoms with van der Waals surface area (Å²) in [7, 11) is 3.32. The van der Waals surface area contributed by atoms with Crippen LogP contribution in [0.1, 0.15) is 42.0 Å². The van der Waals surface area contributed by atoms with Gasteiger partial charge in [-0.15, -0.1) is 0 Å². The molecular formula is C15H20N4O3. The largest absolute Gasteiger partial charge is 0.348 e. The van der Waals surface area contributed by atoms with Gasteiger partial charge in [-0.25, -0.2) is 0 Å². The molecule has 0 unspecified atom stereocenters. The molecule has 0 N–H and O–H groups in total. The first-order valence-corrected chi connectivity index (χ1v) is 7.13. The van der Waals surface area contributed by atoms with Crippen LogP contribution in [0.15, 0.2) is 22.9 Å². The van der Waals surface area contributed by atoms with E-state index >= 15 is 0 Å². The highest BCUT2D eigenvalue weighted by Gasteiger charge is 2.22. The average molecular weight is 304 g/mol. The Hall–Kier alpha value is -2.44. The van der Waals surface area contributed by atoms with E-state index in [0.29, 0.717) is 30.4 Å². The standard InChI is InChI=1S/C15H20N4O3/c1-10(2)14-16-12(17-22-14)7-9-19(4)15(21)13(20)11-6-5-8-18(11)3/h5-6,8,10H,7,9H2,1-4H3. The summed E-state index contributed by atoms with van der Waals surface area (Å²) in [5.41, 5.74) is 0.374. The summed E-state index contributed by atoms with van der Waals surface area (Å²) in [6, 6.07) is 3.36. The Morgan fingerprint density at radius 1 is 1.41 bits per heavy atom. The molecule has 1 amide bonds. The molecule has 2 aromatic heterocycles. The fourth-order valence-corrected chi connectivity index (χ4v) is 1.95. The Balaban J connectivity index is 1.94. The number of rotatable bonds is 6. The van der Waals surface area contributed by atoms with E-state index in [2.05, 4.69) is 10.1 Å². The molecule has 0 fully saturated rings. The van der Waals surface area contributed by atoms with Crippen molar-refractivity contribution < 1.29 is 14.1 Å². The van der Waals surface area contributed by atoms with Crippen LogP contribution in [0.3, 0.4) is 0 Å². The number of hydrogen-bond acceptors (Lipinski definition) is 5. The van der Waals surface area contributed by atoms with Gasteiger partial charge in [0.2, 0.25) is 5.89 Å². The molecule has 0 aliphatic carbocycles. The molecule has 2 aromatic rings. The van der Waals surface area contributed by atoms with Crippen molar-refractivity contribution in [2.75, 3.05) is 13.6 Å². The zero-order chi connectivity index (χ0) is 16.3. The van der Waals surface area contributed by atoms with Gasteiger partial charge in [-0.2, -0.15) is 4.98 Å². The minimum atomic E-state index is -0.547. The lowest BCUT2D eigenvalue weighted by atomic mass is 10.2. The van der Waals surface area contributed by atoms with Crippen LogP contribution in [0.4, 0.5) is 0 Å². The van der Waals surface area contributed by atoms with Crippen LogP contribution in [-0.4, -0.2) is 44.9 Å². The molecule has 0 radical (unpaired) electrons. The lowest BCUT2D eigenvalue weighted by Gasteiger charge is -2.15. The van der Waals surface area contributed by atoms with Gasteiger partial charge < -0.3 is 14.0 Å². The van der Waals surface area contributed by atoms with Gasteiger partial charge >= 0.3 is 0 Å². The van der Waals surface area contributed by atoms with Crippen LogP contribution in [0, 0.1) is 0 Å². The first kappa shape index (κ1) is 15.9. The van der Waals surface area contributed by atoms with Crippen LogP contribution in [0.2, 0.25) is 0 Å². The Kier molecular flexibility index (Phi) is 4.75. The van der Waals surface area contributed by atoms with Crippen molar-refractivity contribution in [3.63, 3.8) is 0 Å². The zero-order valence-corrected chi connectivity index (χ0v) is 13.2. The maximum Gasteiger partial charge on any atom is 0.296 e. The lowest BCUT2D eigenvalue weighted by molar-refractivity contribution is -0.125. The predicted octanol–water partition coefficient (Wildman–Crippen LogP) is 1.42. The third kappa shape index (κ3) is 3.41. The third-order valence-corrected chi connectivity index (χ3v) is 3.37. The Labute approximate surface area is 128 Å². The molecule has 7 heteroatoms. The Morgan fingerprint density at radius 3 is 2.68 bits per heavy atom. The van der Waals surface area contributed by atoms with Gasteiger partial charge in [0.05, 0.1) is 5.69 Å². The van der Waals surface area contributed by atoms with Crippen molar-refractivity contribution in [2.45, 2.75) is 26.2 Å². The monoisotopic (exact) mass is 304 g/mol. The second-order valence-corrected chi connectivity index (χ2v) is 5.51. The van der Waals surface area contributed by atoms with E-state index < -0.39 is 11.7 Å². The van der Waals surface area contributed by atoms with Crippen molar-refractivity contribution in [3.05, 3.63) is 35.7 Å². The quantitative estimate of drug-likeness (QED) is 0.595. The highest BCUT2D eigenvalue weighted by atomic mass is 16.5. The molecule has 7 nitrogen and oxygen atoms in total. The summed E-state index contributed by atoms with van der Waals surface area (Å²) >= 11 is 0. The molecule has 22 heavy (non-hydrogen) atoms.